The van der Waals surface area contributed by atoms with E-state index >= 15 is 0 Å². The van der Waals surface area contributed by atoms with Gasteiger partial charge in [0.15, 0.2) is 5.01 Å². The number of aromatic nitrogens is 3. The maximum Gasteiger partial charge on any atom is 0.261 e. The lowest BCUT2D eigenvalue weighted by molar-refractivity contribution is 0.102. The predicted octanol–water partition coefficient (Wildman–Crippen LogP) is 3.39. The van der Waals surface area contributed by atoms with Crippen LogP contribution < -0.4 is 10.1 Å². The summed E-state index contributed by atoms with van der Waals surface area (Å²) in [5.74, 6) is 0.349. The number of hydrogen-bond acceptors (Lipinski definition) is 6. The number of para-hydroxylation sites is 1. The van der Waals surface area contributed by atoms with Crippen molar-refractivity contribution in [3.8, 4) is 16.5 Å². The maximum absolute atomic E-state index is 12.5. The Bertz CT molecular complexity index is 862. The highest BCUT2D eigenvalue weighted by molar-refractivity contribution is 7.18. The van der Waals surface area contributed by atoms with E-state index in [9.17, 15) is 4.79 Å². The van der Waals surface area contributed by atoms with Gasteiger partial charge in [0.25, 0.3) is 5.91 Å². The average Bonchev–Trinajstić information content (AvgIpc) is 3.31. The van der Waals surface area contributed by atoms with E-state index in [1.807, 2.05) is 36.4 Å². The average molecular weight is 338 g/mol. The Labute approximate surface area is 142 Å². The first kappa shape index (κ1) is 14.8. The van der Waals surface area contributed by atoms with E-state index in [2.05, 4.69) is 20.5 Å². The molecule has 0 bridgehead atoms. The zero-order valence-corrected chi connectivity index (χ0v) is 13.5. The SMILES string of the molecule is O=C(Nc1nnc(-c2ccccn2)s1)c1ccccc1OC1CC1. The molecule has 3 aromatic rings. The van der Waals surface area contributed by atoms with Gasteiger partial charge in [-0.3, -0.25) is 15.1 Å². The summed E-state index contributed by atoms with van der Waals surface area (Å²) in [7, 11) is 0. The van der Waals surface area contributed by atoms with Crippen LogP contribution in [0.3, 0.4) is 0 Å². The fraction of sp³-hybridized carbons (Fsp3) is 0.176. The molecule has 1 amide bonds. The number of benzene rings is 1. The van der Waals surface area contributed by atoms with Crippen LogP contribution >= 0.6 is 11.3 Å². The van der Waals surface area contributed by atoms with Gasteiger partial charge in [0.05, 0.1) is 11.7 Å². The summed E-state index contributed by atoms with van der Waals surface area (Å²) in [6, 6.07) is 12.8. The van der Waals surface area contributed by atoms with Crippen molar-refractivity contribution >= 4 is 22.4 Å². The van der Waals surface area contributed by atoms with Crippen LogP contribution in [0, 0.1) is 0 Å². The summed E-state index contributed by atoms with van der Waals surface area (Å²) in [5, 5.41) is 12.0. The van der Waals surface area contributed by atoms with Crippen LogP contribution in [-0.2, 0) is 0 Å². The van der Waals surface area contributed by atoms with Crippen LogP contribution in [0.2, 0.25) is 0 Å². The van der Waals surface area contributed by atoms with E-state index in [0.29, 0.717) is 21.5 Å². The third kappa shape index (κ3) is 3.26. The molecule has 1 N–H and O–H groups in total. The van der Waals surface area contributed by atoms with Crippen LogP contribution in [0.5, 0.6) is 5.75 Å². The highest BCUT2D eigenvalue weighted by Crippen LogP contribution is 2.30. The van der Waals surface area contributed by atoms with Crippen LogP contribution in [0.1, 0.15) is 23.2 Å². The first-order chi connectivity index (χ1) is 11.8. The standard InChI is InChI=1S/C17H14N4O2S/c22-15(12-5-1-2-7-14(12)23-11-8-9-11)19-17-21-20-16(24-17)13-6-3-4-10-18-13/h1-7,10-11H,8-9H2,(H,19,21,22). The Kier molecular flexibility index (Phi) is 3.92. The topological polar surface area (TPSA) is 77.0 Å². The number of hydrogen-bond donors (Lipinski definition) is 1. The molecule has 0 atom stereocenters. The van der Waals surface area contributed by atoms with Crippen LogP contribution in [0.25, 0.3) is 10.7 Å². The van der Waals surface area contributed by atoms with Crippen LogP contribution in [0.4, 0.5) is 5.13 Å². The predicted molar refractivity (Wildman–Crippen MR) is 91.2 cm³/mol. The number of amides is 1. The molecule has 1 fully saturated rings. The van der Waals surface area contributed by atoms with Gasteiger partial charge < -0.3 is 4.74 Å². The van der Waals surface area contributed by atoms with Crippen molar-refractivity contribution in [3.05, 3.63) is 54.2 Å². The molecule has 120 valence electrons. The lowest BCUT2D eigenvalue weighted by Crippen LogP contribution is -2.14. The van der Waals surface area contributed by atoms with Crippen molar-refractivity contribution in [3.63, 3.8) is 0 Å². The van der Waals surface area contributed by atoms with Crippen molar-refractivity contribution in [2.45, 2.75) is 18.9 Å². The van der Waals surface area contributed by atoms with Gasteiger partial charge in [-0.25, -0.2) is 0 Å². The molecule has 0 radical (unpaired) electrons. The number of anilines is 1. The lowest BCUT2D eigenvalue weighted by Gasteiger charge is -2.09. The van der Waals surface area contributed by atoms with Crippen molar-refractivity contribution in [2.24, 2.45) is 0 Å². The Balaban J connectivity index is 1.51. The van der Waals surface area contributed by atoms with Crippen molar-refractivity contribution in [2.75, 3.05) is 5.32 Å². The van der Waals surface area contributed by atoms with Crippen LogP contribution in [-0.4, -0.2) is 27.2 Å². The molecule has 2 aromatic heterocycles. The van der Waals surface area contributed by atoms with Gasteiger partial charge in [0, 0.05) is 6.20 Å². The Hall–Kier alpha value is -2.80. The molecule has 0 saturated heterocycles. The van der Waals surface area contributed by atoms with E-state index in [4.69, 9.17) is 4.74 Å². The van der Waals surface area contributed by atoms with Crippen LogP contribution in [0.15, 0.2) is 48.7 Å². The number of rotatable bonds is 5. The van der Waals surface area contributed by atoms with Gasteiger partial charge >= 0.3 is 0 Å². The van der Waals surface area contributed by atoms with Gasteiger partial charge in [-0.05, 0) is 37.1 Å². The molecule has 4 rings (SSSR count). The Morgan fingerprint density at radius 2 is 1.96 bits per heavy atom. The summed E-state index contributed by atoms with van der Waals surface area (Å²) < 4.78 is 5.79. The minimum absolute atomic E-state index is 0.233. The minimum Gasteiger partial charge on any atom is -0.490 e. The summed E-state index contributed by atoms with van der Waals surface area (Å²) >= 11 is 1.28. The van der Waals surface area contributed by atoms with Gasteiger partial charge in [-0.2, -0.15) is 0 Å². The van der Waals surface area contributed by atoms with E-state index < -0.39 is 0 Å². The molecule has 6 nitrogen and oxygen atoms in total. The zero-order valence-electron chi connectivity index (χ0n) is 12.7. The van der Waals surface area contributed by atoms with Gasteiger partial charge in [0.2, 0.25) is 5.13 Å². The minimum atomic E-state index is -0.255. The van der Waals surface area contributed by atoms with Crippen molar-refractivity contribution in [1.29, 1.82) is 0 Å². The fourth-order valence-electron chi connectivity index (χ4n) is 2.15. The summed E-state index contributed by atoms with van der Waals surface area (Å²) in [5.41, 5.74) is 1.23. The second-order valence-corrected chi connectivity index (χ2v) is 6.37. The largest absolute Gasteiger partial charge is 0.490 e. The zero-order chi connectivity index (χ0) is 16.4. The third-order valence-electron chi connectivity index (χ3n) is 3.48. The second-order valence-electron chi connectivity index (χ2n) is 5.39. The molecule has 2 heterocycles. The normalized spacial score (nSPS) is 13.5. The molecule has 1 aliphatic carbocycles. The summed E-state index contributed by atoms with van der Waals surface area (Å²) in [6.07, 6.45) is 4.01. The Morgan fingerprint density at radius 1 is 1.12 bits per heavy atom. The van der Waals surface area contributed by atoms with E-state index in [1.54, 1.807) is 12.3 Å². The summed E-state index contributed by atoms with van der Waals surface area (Å²) in [4.78, 5) is 16.7. The molecule has 0 aliphatic heterocycles. The molecule has 7 heteroatoms. The van der Waals surface area contributed by atoms with Gasteiger partial charge in [-0.15, -0.1) is 10.2 Å². The first-order valence-electron chi connectivity index (χ1n) is 7.61. The highest BCUT2D eigenvalue weighted by atomic mass is 32.1. The Morgan fingerprint density at radius 3 is 2.75 bits per heavy atom. The van der Waals surface area contributed by atoms with Crippen molar-refractivity contribution in [1.82, 2.24) is 15.2 Å². The number of nitrogens with zero attached hydrogens (tertiary/aromatic N) is 3. The number of pyridine rings is 1. The van der Waals surface area contributed by atoms with Gasteiger partial charge in [0.1, 0.15) is 11.4 Å². The monoisotopic (exact) mass is 338 g/mol. The number of ether oxygens (including phenoxy) is 1. The third-order valence-corrected chi connectivity index (χ3v) is 4.34. The molecule has 0 unspecified atom stereocenters. The molecule has 1 aliphatic rings. The molecular formula is C17H14N4O2S. The first-order valence-corrected chi connectivity index (χ1v) is 8.43. The number of carbonyl (C=O) groups excluding carboxylic acids is 1. The molecule has 1 aromatic carbocycles. The molecule has 24 heavy (non-hydrogen) atoms. The second kappa shape index (κ2) is 6.37. The van der Waals surface area contributed by atoms with E-state index in [-0.39, 0.29) is 12.0 Å². The molecule has 0 spiro atoms. The van der Waals surface area contributed by atoms with Gasteiger partial charge in [-0.1, -0.05) is 29.5 Å². The van der Waals surface area contributed by atoms with E-state index in [0.717, 1.165) is 18.5 Å². The molecular weight excluding hydrogens is 324 g/mol. The lowest BCUT2D eigenvalue weighted by atomic mass is 10.2. The quantitative estimate of drug-likeness (QED) is 0.771. The molecule has 1 saturated carbocycles. The van der Waals surface area contributed by atoms with E-state index in [1.165, 1.54) is 11.3 Å². The maximum atomic E-state index is 12.5. The van der Waals surface area contributed by atoms with Crippen molar-refractivity contribution < 1.29 is 9.53 Å². The number of nitrogens with one attached hydrogen (secondary N) is 1. The fourth-order valence-corrected chi connectivity index (χ4v) is 2.87. The summed E-state index contributed by atoms with van der Waals surface area (Å²) in [6.45, 7) is 0. The number of carbonyl (C=O) groups is 1. The highest BCUT2D eigenvalue weighted by Gasteiger charge is 2.25. The smallest absolute Gasteiger partial charge is 0.261 e.